The van der Waals surface area contributed by atoms with Crippen LogP contribution in [0, 0.1) is 11.6 Å². The number of piperidine rings is 1. The van der Waals surface area contributed by atoms with Crippen molar-refractivity contribution < 1.29 is 8.78 Å². The number of nitrogens with zero attached hydrogens (tertiary/aromatic N) is 1. The van der Waals surface area contributed by atoms with Crippen LogP contribution in [0.15, 0.2) is 18.2 Å². The van der Waals surface area contributed by atoms with Crippen molar-refractivity contribution in [3.05, 3.63) is 35.4 Å². The van der Waals surface area contributed by atoms with E-state index in [1.54, 1.807) is 0 Å². The van der Waals surface area contributed by atoms with Gasteiger partial charge in [-0.25, -0.2) is 8.78 Å². The lowest BCUT2D eigenvalue weighted by Gasteiger charge is -2.29. The first kappa shape index (κ1) is 14.4. The number of hydrogen-bond acceptors (Lipinski definition) is 2. The topological polar surface area (TPSA) is 15.3 Å². The highest BCUT2D eigenvalue weighted by molar-refractivity contribution is 5.19. The molecule has 1 aromatic carbocycles. The van der Waals surface area contributed by atoms with E-state index in [0.29, 0.717) is 0 Å². The molecule has 0 bridgehead atoms. The lowest BCUT2D eigenvalue weighted by Crippen LogP contribution is -2.41. The number of benzene rings is 1. The molecule has 1 atom stereocenters. The highest BCUT2D eigenvalue weighted by Crippen LogP contribution is 2.12. The average Bonchev–Trinajstić information content (AvgIpc) is 2.39. The smallest absolute Gasteiger partial charge is 0.130 e. The van der Waals surface area contributed by atoms with E-state index in [-0.39, 0.29) is 18.2 Å². The van der Waals surface area contributed by atoms with Crippen LogP contribution in [0.3, 0.4) is 0 Å². The first-order chi connectivity index (χ1) is 9.16. The highest BCUT2D eigenvalue weighted by atomic mass is 19.1. The molecule has 19 heavy (non-hydrogen) atoms. The summed E-state index contributed by atoms with van der Waals surface area (Å²) in [6.07, 6.45) is 3.84. The van der Waals surface area contributed by atoms with Gasteiger partial charge in [-0.05, 0) is 45.0 Å². The molecule has 0 amide bonds. The van der Waals surface area contributed by atoms with E-state index >= 15 is 0 Å². The Morgan fingerprint density at radius 2 is 1.79 bits per heavy atom. The fraction of sp³-hybridized carbons (Fsp3) is 0.600. The van der Waals surface area contributed by atoms with Crippen LogP contribution < -0.4 is 5.32 Å². The minimum absolute atomic E-state index is 0.132. The zero-order valence-corrected chi connectivity index (χ0v) is 11.5. The molecule has 1 heterocycles. The second-order valence-electron chi connectivity index (χ2n) is 5.34. The Labute approximate surface area is 113 Å². The third kappa shape index (κ3) is 4.25. The Balaban J connectivity index is 1.81. The molecule has 0 aliphatic carbocycles. The van der Waals surface area contributed by atoms with E-state index in [9.17, 15) is 8.78 Å². The van der Waals surface area contributed by atoms with Gasteiger partial charge in [-0.2, -0.15) is 0 Å². The van der Waals surface area contributed by atoms with Gasteiger partial charge in [0.05, 0.1) is 0 Å². The number of hydrogen-bond donors (Lipinski definition) is 1. The first-order valence-electron chi connectivity index (χ1n) is 7.05. The van der Waals surface area contributed by atoms with Crippen molar-refractivity contribution in [3.63, 3.8) is 0 Å². The average molecular weight is 268 g/mol. The molecular formula is C15H22F2N2. The van der Waals surface area contributed by atoms with Gasteiger partial charge in [-0.1, -0.05) is 12.5 Å². The van der Waals surface area contributed by atoms with Crippen LogP contribution in [0.5, 0.6) is 0 Å². The van der Waals surface area contributed by atoms with Crippen molar-refractivity contribution >= 4 is 0 Å². The summed E-state index contributed by atoms with van der Waals surface area (Å²) >= 11 is 0. The molecule has 106 valence electrons. The fourth-order valence-corrected chi connectivity index (χ4v) is 2.57. The Hall–Kier alpha value is -1.00. The van der Waals surface area contributed by atoms with Crippen LogP contribution in [0.2, 0.25) is 0 Å². The molecule has 0 spiro atoms. The second kappa shape index (κ2) is 6.96. The van der Waals surface area contributed by atoms with Crippen molar-refractivity contribution in [2.45, 2.75) is 38.8 Å². The minimum Gasteiger partial charge on any atom is -0.309 e. The lowest BCUT2D eigenvalue weighted by atomic mass is 10.1. The van der Waals surface area contributed by atoms with Crippen molar-refractivity contribution in [2.75, 3.05) is 19.6 Å². The molecule has 1 fully saturated rings. The molecule has 1 unspecified atom stereocenters. The Bertz CT molecular complexity index is 383. The zero-order chi connectivity index (χ0) is 13.7. The van der Waals surface area contributed by atoms with E-state index < -0.39 is 11.6 Å². The summed E-state index contributed by atoms with van der Waals surface area (Å²) in [5, 5.41) is 3.21. The van der Waals surface area contributed by atoms with Crippen molar-refractivity contribution in [2.24, 2.45) is 0 Å². The number of rotatable bonds is 5. The molecule has 2 rings (SSSR count). The lowest BCUT2D eigenvalue weighted by molar-refractivity contribution is 0.208. The maximum Gasteiger partial charge on any atom is 0.130 e. The fourth-order valence-electron chi connectivity index (χ4n) is 2.57. The standard InChI is InChI=1S/C15H22F2N2/c1-12(11-19-8-3-2-4-9-19)18-10-13-14(16)6-5-7-15(13)17/h5-7,12,18H,2-4,8-11H2,1H3. The van der Waals surface area contributed by atoms with Crippen LogP contribution >= 0.6 is 0 Å². The summed E-state index contributed by atoms with van der Waals surface area (Å²) < 4.78 is 26.9. The molecule has 4 heteroatoms. The van der Waals surface area contributed by atoms with Crippen LogP contribution in [0.1, 0.15) is 31.7 Å². The Morgan fingerprint density at radius 1 is 1.16 bits per heavy atom. The van der Waals surface area contributed by atoms with Gasteiger partial charge in [-0.15, -0.1) is 0 Å². The van der Waals surface area contributed by atoms with Crippen molar-refractivity contribution in [1.29, 1.82) is 0 Å². The monoisotopic (exact) mass is 268 g/mol. The molecule has 1 aliphatic heterocycles. The molecule has 1 aromatic rings. The normalized spacial score (nSPS) is 18.5. The van der Waals surface area contributed by atoms with Crippen LogP contribution in [-0.4, -0.2) is 30.6 Å². The van der Waals surface area contributed by atoms with Gasteiger partial charge in [0.1, 0.15) is 11.6 Å². The minimum atomic E-state index is -0.474. The van der Waals surface area contributed by atoms with E-state index in [1.807, 2.05) is 0 Å². The van der Waals surface area contributed by atoms with Crippen LogP contribution in [-0.2, 0) is 6.54 Å². The van der Waals surface area contributed by atoms with Gasteiger partial charge >= 0.3 is 0 Å². The maximum atomic E-state index is 13.5. The van der Waals surface area contributed by atoms with Crippen LogP contribution in [0.4, 0.5) is 8.78 Å². The Morgan fingerprint density at radius 3 is 2.42 bits per heavy atom. The second-order valence-corrected chi connectivity index (χ2v) is 5.34. The van der Waals surface area contributed by atoms with Gasteiger partial charge in [0.15, 0.2) is 0 Å². The predicted molar refractivity (Wildman–Crippen MR) is 73.0 cm³/mol. The summed E-state index contributed by atoms with van der Waals surface area (Å²) in [6, 6.07) is 4.23. The first-order valence-corrected chi connectivity index (χ1v) is 7.05. The Kier molecular flexibility index (Phi) is 5.28. The van der Waals surface area contributed by atoms with Gasteiger partial charge in [0.2, 0.25) is 0 Å². The summed E-state index contributed by atoms with van der Waals surface area (Å²) in [6.45, 7) is 5.52. The van der Waals surface area contributed by atoms with E-state index in [0.717, 1.165) is 19.6 Å². The van der Waals surface area contributed by atoms with E-state index in [4.69, 9.17) is 0 Å². The summed E-state index contributed by atoms with van der Waals surface area (Å²) in [5.74, 6) is -0.949. The van der Waals surface area contributed by atoms with Gasteiger partial charge < -0.3 is 10.2 Å². The molecule has 0 radical (unpaired) electrons. The predicted octanol–water partition coefficient (Wildman–Crippen LogP) is 2.93. The van der Waals surface area contributed by atoms with Gasteiger partial charge in [0, 0.05) is 24.7 Å². The highest BCUT2D eigenvalue weighted by Gasteiger charge is 2.14. The molecule has 0 aromatic heterocycles. The number of nitrogens with one attached hydrogen (secondary N) is 1. The molecule has 2 nitrogen and oxygen atoms in total. The van der Waals surface area contributed by atoms with Crippen molar-refractivity contribution in [3.8, 4) is 0 Å². The number of likely N-dealkylation sites (tertiary alicyclic amines) is 1. The quantitative estimate of drug-likeness (QED) is 0.883. The van der Waals surface area contributed by atoms with Crippen molar-refractivity contribution in [1.82, 2.24) is 10.2 Å². The molecular weight excluding hydrogens is 246 g/mol. The molecule has 1 saturated heterocycles. The third-order valence-electron chi connectivity index (χ3n) is 3.67. The molecule has 1 N–H and O–H groups in total. The summed E-state index contributed by atoms with van der Waals surface area (Å²) in [4.78, 5) is 2.42. The third-order valence-corrected chi connectivity index (χ3v) is 3.67. The molecule has 0 saturated carbocycles. The van der Waals surface area contributed by atoms with Gasteiger partial charge in [0.25, 0.3) is 0 Å². The SMILES string of the molecule is CC(CN1CCCCC1)NCc1c(F)cccc1F. The maximum absolute atomic E-state index is 13.5. The van der Waals surface area contributed by atoms with E-state index in [2.05, 4.69) is 17.1 Å². The summed E-state index contributed by atoms with van der Waals surface area (Å²) in [5.41, 5.74) is 0.132. The summed E-state index contributed by atoms with van der Waals surface area (Å²) in [7, 11) is 0. The largest absolute Gasteiger partial charge is 0.309 e. The van der Waals surface area contributed by atoms with Crippen LogP contribution in [0.25, 0.3) is 0 Å². The van der Waals surface area contributed by atoms with Gasteiger partial charge in [-0.3, -0.25) is 0 Å². The number of halogens is 2. The zero-order valence-electron chi connectivity index (χ0n) is 11.5. The molecule has 1 aliphatic rings. The van der Waals surface area contributed by atoms with E-state index in [1.165, 1.54) is 37.5 Å².